The first-order valence-corrected chi connectivity index (χ1v) is 7.91. The van der Waals surface area contributed by atoms with Crippen LogP contribution < -0.4 is 4.74 Å². The first-order valence-electron chi connectivity index (χ1n) is 6.83. The summed E-state index contributed by atoms with van der Waals surface area (Å²) in [6.45, 7) is 3.10. The molecule has 21 heavy (non-hydrogen) atoms. The number of hydrogen-bond donors (Lipinski definition) is 0. The van der Waals surface area contributed by atoms with Crippen molar-refractivity contribution in [1.82, 2.24) is 4.90 Å². The molecule has 0 heterocycles. The number of rotatable bonds is 5. The Bertz CT molecular complexity index is 610. The Morgan fingerprint density at radius 2 is 1.81 bits per heavy atom. The van der Waals surface area contributed by atoms with Gasteiger partial charge in [-0.1, -0.05) is 18.2 Å². The Morgan fingerprint density at radius 1 is 1.14 bits per heavy atom. The molecule has 1 amide bonds. The number of carbonyl (C=O) groups excluding carboxylic acids is 1. The Kier molecular flexibility index (Phi) is 5.61. The van der Waals surface area contributed by atoms with Crippen molar-refractivity contribution in [3.63, 3.8) is 0 Å². The largest absolute Gasteiger partial charge is 0.494 e. The van der Waals surface area contributed by atoms with Crippen LogP contribution >= 0.6 is 22.6 Å². The molecule has 0 aromatic heterocycles. The number of amides is 1. The van der Waals surface area contributed by atoms with Crippen LogP contribution in [0.5, 0.6) is 5.75 Å². The fourth-order valence-corrected chi connectivity index (χ4v) is 2.43. The van der Waals surface area contributed by atoms with E-state index in [0.717, 1.165) is 14.9 Å². The average Bonchev–Trinajstić information content (AvgIpc) is 2.49. The van der Waals surface area contributed by atoms with Gasteiger partial charge in [-0.2, -0.15) is 0 Å². The number of hydrogen-bond acceptors (Lipinski definition) is 2. The van der Waals surface area contributed by atoms with E-state index >= 15 is 0 Å². The average molecular weight is 395 g/mol. The van der Waals surface area contributed by atoms with Crippen LogP contribution in [0.25, 0.3) is 0 Å². The summed E-state index contributed by atoms with van der Waals surface area (Å²) < 4.78 is 6.72. The third-order valence-corrected chi connectivity index (χ3v) is 3.84. The second kappa shape index (κ2) is 7.45. The molecule has 4 heteroatoms. The normalized spacial score (nSPS) is 10.2. The van der Waals surface area contributed by atoms with Crippen molar-refractivity contribution in [3.05, 3.63) is 63.2 Å². The van der Waals surface area contributed by atoms with E-state index in [-0.39, 0.29) is 5.91 Å². The molecular formula is C17H18INO2. The van der Waals surface area contributed by atoms with Gasteiger partial charge < -0.3 is 9.64 Å². The highest BCUT2D eigenvalue weighted by Gasteiger charge is 2.13. The molecule has 2 aromatic carbocycles. The van der Waals surface area contributed by atoms with Gasteiger partial charge in [0.2, 0.25) is 0 Å². The van der Waals surface area contributed by atoms with Crippen molar-refractivity contribution in [2.24, 2.45) is 0 Å². The number of benzene rings is 2. The zero-order chi connectivity index (χ0) is 15.2. The van der Waals surface area contributed by atoms with Crippen LogP contribution in [-0.2, 0) is 6.54 Å². The van der Waals surface area contributed by atoms with E-state index in [1.54, 1.807) is 4.90 Å². The molecule has 2 aromatic rings. The van der Waals surface area contributed by atoms with E-state index in [1.807, 2.05) is 62.5 Å². The summed E-state index contributed by atoms with van der Waals surface area (Å²) >= 11 is 2.23. The highest BCUT2D eigenvalue weighted by Crippen LogP contribution is 2.20. The van der Waals surface area contributed by atoms with Gasteiger partial charge in [-0.15, -0.1) is 0 Å². The fraction of sp³-hybridized carbons (Fsp3) is 0.235. The second-order valence-electron chi connectivity index (χ2n) is 4.71. The van der Waals surface area contributed by atoms with E-state index in [2.05, 4.69) is 22.6 Å². The molecule has 0 saturated heterocycles. The lowest BCUT2D eigenvalue weighted by atomic mass is 10.1. The van der Waals surface area contributed by atoms with Gasteiger partial charge in [0, 0.05) is 28.3 Å². The maximum atomic E-state index is 12.4. The fourth-order valence-electron chi connectivity index (χ4n) is 2.07. The third-order valence-electron chi connectivity index (χ3n) is 3.12. The van der Waals surface area contributed by atoms with Crippen molar-refractivity contribution < 1.29 is 9.53 Å². The molecule has 0 unspecified atom stereocenters. The van der Waals surface area contributed by atoms with E-state index in [9.17, 15) is 4.79 Å². The lowest BCUT2D eigenvalue weighted by Crippen LogP contribution is -2.26. The summed E-state index contributed by atoms with van der Waals surface area (Å²) in [4.78, 5) is 14.1. The van der Waals surface area contributed by atoms with Gasteiger partial charge >= 0.3 is 0 Å². The molecule has 0 N–H and O–H groups in total. The van der Waals surface area contributed by atoms with Gasteiger partial charge in [0.1, 0.15) is 5.75 Å². The Balaban J connectivity index is 2.12. The van der Waals surface area contributed by atoms with Gasteiger partial charge in [-0.3, -0.25) is 4.79 Å². The quantitative estimate of drug-likeness (QED) is 0.718. The van der Waals surface area contributed by atoms with Gasteiger partial charge in [0.05, 0.1) is 6.61 Å². The summed E-state index contributed by atoms with van der Waals surface area (Å²) in [7, 11) is 1.81. The van der Waals surface area contributed by atoms with Gasteiger partial charge in [-0.05, 0) is 59.8 Å². The van der Waals surface area contributed by atoms with Gasteiger partial charge in [0.25, 0.3) is 5.91 Å². The molecule has 0 radical (unpaired) electrons. The third kappa shape index (κ3) is 4.20. The summed E-state index contributed by atoms with van der Waals surface area (Å²) in [6, 6.07) is 15.4. The summed E-state index contributed by atoms with van der Waals surface area (Å²) in [5.74, 6) is 0.847. The van der Waals surface area contributed by atoms with Crippen molar-refractivity contribution in [2.45, 2.75) is 13.5 Å². The number of halogens is 1. The van der Waals surface area contributed by atoms with Crippen molar-refractivity contribution in [1.29, 1.82) is 0 Å². The van der Waals surface area contributed by atoms with Crippen LogP contribution in [0.2, 0.25) is 0 Å². The molecule has 2 rings (SSSR count). The minimum Gasteiger partial charge on any atom is -0.494 e. The van der Waals surface area contributed by atoms with Crippen molar-refractivity contribution >= 4 is 28.5 Å². The minimum absolute atomic E-state index is 0.0118. The predicted octanol–water partition coefficient (Wildman–Crippen LogP) is 3.96. The molecular weight excluding hydrogens is 377 g/mol. The first-order chi connectivity index (χ1) is 10.1. The van der Waals surface area contributed by atoms with Crippen LogP contribution in [0, 0.1) is 3.57 Å². The molecule has 0 atom stereocenters. The monoisotopic (exact) mass is 395 g/mol. The molecule has 0 fully saturated rings. The zero-order valence-corrected chi connectivity index (χ0v) is 14.3. The molecule has 110 valence electrons. The summed E-state index contributed by atoms with van der Waals surface area (Å²) in [5.41, 5.74) is 1.72. The van der Waals surface area contributed by atoms with Crippen molar-refractivity contribution in [3.8, 4) is 5.75 Å². The smallest absolute Gasteiger partial charge is 0.253 e. The highest BCUT2D eigenvalue weighted by molar-refractivity contribution is 14.1. The van der Waals surface area contributed by atoms with E-state index in [0.29, 0.717) is 18.7 Å². The van der Waals surface area contributed by atoms with E-state index in [4.69, 9.17) is 4.74 Å². The minimum atomic E-state index is 0.0118. The van der Waals surface area contributed by atoms with Gasteiger partial charge in [-0.25, -0.2) is 0 Å². The number of para-hydroxylation sites is 1. The van der Waals surface area contributed by atoms with E-state index < -0.39 is 0 Å². The number of carbonyl (C=O) groups is 1. The number of ether oxygens (including phenoxy) is 1. The Labute approximate surface area is 139 Å². The molecule has 3 nitrogen and oxygen atoms in total. The highest BCUT2D eigenvalue weighted by atomic mass is 127. The van der Waals surface area contributed by atoms with Crippen LogP contribution in [0.15, 0.2) is 48.5 Å². The lowest BCUT2D eigenvalue weighted by Gasteiger charge is -2.19. The second-order valence-corrected chi connectivity index (χ2v) is 5.95. The van der Waals surface area contributed by atoms with Crippen molar-refractivity contribution in [2.75, 3.05) is 13.7 Å². The molecule has 0 spiro atoms. The van der Waals surface area contributed by atoms with E-state index in [1.165, 1.54) is 0 Å². The topological polar surface area (TPSA) is 29.5 Å². The van der Waals surface area contributed by atoms with Gasteiger partial charge in [0.15, 0.2) is 0 Å². The standard InChI is InChI=1S/C17H18INO2/c1-3-21-16-7-5-4-6-14(16)12-19(2)17(20)13-8-10-15(18)11-9-13/h4-11H,3,12H2,1-2H3. The predicted molar refractivity (Wildman–Crippen MR) is 92.6 cm³/mol. The summed E-state index contributed by atoms with van der Waals surface area (Å²) in [6.07, 6.45) is 0. The Morgan fingerprint density at radius 3 is 2.48 bits per heavy atom. The van der Waals surface area contributed by atoms with Crippen LogP contribution in [0.3, 0.4) is 0 Å². The molecule has 0 aliphatic rings. The lowest BCUT2D eigenvalue weighted by molar-refractivity contribution is 0.0784. The van der Waals surface area contributed by atoms with Crippen LogP contribution in [0.1, 0.15) is 22.8 Å². The maximum Gasteiger partial charge on any atom is 0.253 e. The first kappa shape index (κ1) is 15.8. The molecule has 0 saturated carbocycles. The zero-order valence-electron chi connectivity index (χ0n) is 12.2. The molecule has 0 aliphatic carbocycles. The molecule has 0 aliphatic heterocycles. The SMILES string of the molecule is CCOc1ccccc1CN(C)C(=O)c1ccc(I)cc1. The molecule has 0 bridgehead atoms. The summed E-state index contributed by atoms with van der Waals surface area (Å²) in [5, 5.41) is 0. The van der Waals surface area contributed by atoms with Crippen LogP contribution in [0.4, 0.5) is 0 Å². The Hall–Kier alpha value is -1.56. The van der Waals surface area contributed by atoms with Crippen LogP contribution in [-0.4, -0.2) is 24.5 Å². The maximum absolute atomic E-state index is 12.4. The number of nitrogens with zero attached hydrogens (tertiary/aromatic N) is 1.